The zero-order chi connectivity index (χ0) is 17.6. The molecule has 1 aromatic rings. The summed E-state index contributed by atoms with van der Waals surface area (Å²) in [5.74, 6) is -1.98. The number of hydrazine groups is 1. The van der Waals surface area contributed by atoms with Gasteiger partial charge in [0.2, 0.25) is 17.7 Å². The van der Waals surface area contributed by atoms with Gasteiger partial charge in [-0.2, -0.15) is 5.01 Å². The number of carbonyl (C=O) groups excluding carboxylic acids is 3. The fourth-order valence-electron chi connectivity index (χ4n) is 2.84. The standard InChI is InChI=1S/C15H15FN4O3S.ClH/c1-15(2)13(23)18-14(24)19-11(21)7-10(20(15)19)12(22)17-9-6-4-3-5-8(9)16;/h3-6,10H,7H2,1-2H3,(H,17,22)(H,18,23,24);1H. The third-order valence-corrected chi connectivity index (χ3v) is 4.37. The first kappa shape index (κ1) is 19.2. The van der Waals surface area contributed by atoms with Crippen molar-refractivity contribution in [1.82, 2.24) is 15.3 Å². The van der Waals surface area contributed by atoms with E-state index in [1.807, 2.05) is 0 Å². The molecule has 1 unspecified atom stereocenters. The lowest BCUT2D eigenvalue weighted by molar-refractivity contribution is -0.154. The number of rotatable bonds is 2. The molecular weight excluding hydrogens is 371 g/mol. The van der Waals surface area contributed by atoms with Crippen molar-refractivity contribution in [3.63, 3.8) is 0 Å². The molecule has 25 heavy (non-hydrogen) atoms. The lowest BCUT2D eigenvalue weighted by Crippen LogP contribution is -2.71. The van der Waals surface area contributed by atoms with Crippen LogP contribution in [-0.4, -0.2) is 44.4 Å². The number of para-hydroxylation sites is 1. The maximum Gasteiger partial charge on any atom is 0.248 e. The van der Waals surface area contributed by atoms with Gasteiger partial charge in [-0.05, 0) is 38.2 Å². The topological polar surface area (TPSA) is 81.8 Å². The molecule has 3 amide bonds. The van der Waals surface area contributed by atoms with Gasteiger partial charge in [0, 0.05) is 0 Å². The highest BCUT2D eigenvalue weighted by Gasteiger charge is 2.56. The van der Waals surface area contributed by atoms with Crippen LogP contribution in [0.15, 0.2) is 24.3 Å². The van der Waals surface area contributed by atoms with Gasteiger partial charge in [-0.3, -0.25) is 19.7 Å². The minimum atomic E-state index is -1.16. The molecule has 7 nitrogen and oxygen atoms in total. The SMILES string of the molecule is CC1(C)C(=O)NC(=S)N2C(=O)CC(C(=O)Nc3ccccc3F)N21.Cl. The fraction of sp³-hybridized carbons (Fsp3) is 0.333. The van der Waals surface area contributed by atoms with E-state index in [2.05, 4.69) is 10.6 Å². The Bertz CT molecular complexity index is 773. The smallest absolute Gasteiger partial charge is 0.248 e. The van der Waals surface area contributed by atoms with Crippen molar-refractivity contribution in [3.8, 4) is 0 Å². The molecule has 2 aliphatic rings. The molecule has 0 aliphatic carbocycles. The van der Waals surface area contributed by atoms with Crippen LogP contribution in [0.3, 0.4) is 0 Å². The van der Waals surface area contributed by atoms with Gasteiger partial charge < -0.3 is 5.32 Å². The largest absolute Gasteiger partial charge is 0.322 e. The molecule has 1 aromatic carbocycles. The van der Waals surface area contributed by atoms with E-state index in [0.29, 0.717) is 0 Å². The van der Waals surface area contributed by atoms with Crippen molar-refractivity contribution in [3.05, 3.63) is 30.1 Å². The number of carbonyl (C=O) groups is 3. The molecule has 134 valence electrons. The summed E-state index contributed by atoms with van der Waals surface area (Å²) in [4.78, 5) is 37.0. The van der Waals surface area contributed by atoms with Crippen LogP contribution < -0.4 is 10.6 Å². The summed E-state index contributed by atoms with van der Waals surface area (Å²) in [6, 6.07) is 4.76. The Kier molecular flexibility index (Phi) is 5.12. The van der Waals surface area contributed by atoms with Gasteiger partial charge in [-0.15, -0.1) is 12.4 Å². The van der Waals surface area contributed by atoms with Gasteiger partial charge in [0.25, 0.3) is 0 Å². The second kappa shape index (κ2) is 6.66. The first-order chi connectivity index (χ1) is 11.2. The number of anilines is 1. The second-order valence-corrected chi connectivity index (χ2v) is 6.44. The van der Waals surface area contributed by atoms with Crippen molar-refractivity contribution in [2.75, 3.05) is 5.32 Å². The molecule has 0 bridgehead atoms. The minimum absolute atomic E-state index is 0. The normalized spacial score (nSPS) is 22.1. The van der Waals surface area contributed by atoms with Crippen molar-refractivity contribution >= 4 is 53.1 Å². The number of nitrogens with zero attached hydrogens (tertiary/aromatic N) is 2. The third-order valence-electron chi connectivity index (χ3n) is 4.09. The molecule has 1 atom stereocenters. The van der Waals surface area contributed by atoms with Gasteiger partial charge in [-0.25, -0.2) is 9.40 Å². The lowest BCUT2D eigenvalue weighted by Gasteiger charge is -2.45. The van der Waals surface area contributed by atoms with Crippen LogP contribution >= 0.6 is 24.6 Å². The molecule has 10 heteroatoms. The minimum Gasteiger partial charge on any atom is -0.322 e. The monoisotopic (exact) mass is 386 g/mol. The van der Waals surface area contributed by atoms with Crippen molar-refractivity contribution in [1.29, 1.82) is 0 Å². The van der Waals surface area contributed by atoms with Crippen LogP contribution in [-0.2, 0) is 14.4 Å². The van der Waals surface area contributed by atoms with Crippen LogP contribution in [0.5, 0.6) is 0 Å². The molecule has 2 fully saturated rings. The summed E-state index contributed by atoms with van der Waals surface area (Å²) in [7, 11) is 0. The Labute approximate surface area is 154 Å². The van der Waals surface area contributed by atoms with Gasteiger partial charge >= 0.3 is 0 Å². The van der Waals surface area contributed by atoms with E-state index < -0.39 is 35.1 Å². The molecule has 0 aromatic heterocycles. The number of hydrogen-bond donors (Lipinski definition) is 2. The quantitative estimate of drug-likeness (QED) is 0.746. The fourth-order valence-corrected chi connectivity index (χ4v) is 3.12. The molecule has 2 heterocycles. The second-order valence-electron chi connectivity index (χ2n) is 6.06. The zero-order valence-electron chi connectivity index (χ0n) is 13.4. The highest BCUT2D eigenvalue weighted by atomic mass is 35.5. The van der Waals surface area contributed by atoms with Crippen LogP contribution in [0.2, 0.25) is 0 Å². The molecular formula is C15H16ClFN4O3S. The zero-order valence-corrected chi connectivity index (χ0v) is 15.0. The predicted octanol–water partition coefficient (Wildman–Crippen LogP) is 1.20. The number of fused-ring (bicyclic) bond motifs is 1. The lowest BCUT2D eigenvalue weighted by atomic mass is 10.00. The highest BCUT2D eigenvalue weighted by molar-refractivity contribution is 7.80. The molecule has 3 rings (SSSR count). The van der Waals surface area contributed by atoms with Crippen molar-refractivity contribution in [2.24, 2.45) is 0 Å². The summed E-state index contributed by atoms with van der Waals surface area (Å²) >= 11 is 5.03. The van der Waals surface area contributed by atoms with Crippen molar-refractivity contribution < 1.29 is 18.8 Å². The summed E-state index contributed by atoms with van der Waals surface area (Å²) in [5.41, 5.74) is -1.15. The van der Waals surface area contributed by atoms with Crippen LogP contribution in [0, 0.1) is 5.82 Å². The van der Waals surface area contributed by atoms with Gasteiger partial charge in [0.05, 0.1) is 12.1 Å². The average molecular weight is 387 g/mol. The van der Waals surface area contributed by atoms with Gasteiger partial charge in [0.15, 0.2) is 5.11 Å². The average Bonchev–Trinajstić information content (AvgIpc) is 2.87. The molecule has 0 radical (unpaired) electrons. The third kappa shape index (κ3) is 3.10. The van der Waals surface area contributed by atoms with E-state index in [-0.39, 0.29) is 29.6 Å². The molecule has 2 N–H and O–H groups in total. The van der Waals surface area contributed by atoms with Gasteiger partial charge in [-0.1, -0.05) is 12.1 Å². The van der Waals surface area contributed by atoms with E-state index in [0.717, 1.165) is 5.01 Å². The summed E-state index contributed by atoms with van der Waals surface area (Å²) in [6.45, 7) is 3.16. The van der Waals surface area contributed by atoms with Crippen molar-refractivity contribution in [2.45, 2.75) is 31.8 Å². The van der Waals surface area contributed by atoms with E-state index in [9.17, 15) is 18.8 Å². The Morgan fingerprint density at radius 3 is 2.64 bits per heavy atom. The molecule has 0 spiro atoms. The molecule has 2 saturated heterocycles. The number of thiocarbonyl (C=S) groups is 1. The van der Waals surface area contributed by atoms with E-state index >= 15 is 0 Å². The number of benzene rings is 1. The summed E-state index contributed by atoms with van der Waals surface area (Å²) in [6.07, 6.45) is -0.154. The van der Waals surface area contributed by atoms with E-state index in [1.54, 1.807) is 19.9 Å². The van der Waals surface area contributed by atoms with Crippen LogP contribution in [0.25, 0.3) is 0 Å². The van der Waals surface area contributed by atoms with Gasteiger partial charge in [0.1, 0.15) is 17.4 Å². The Morgan fingerprint density at radius 2 is 2.00 bits per heavy atom. The van der Waals surface area contributed by atoms with E-state index in [1.165, 1.54) is 23.2 Å². The Hall–Kier alpha value is -2.10. The first-order valence-electron chi connectivity index (χ1n) is 7.26. The Balaban J connectivity index is 0.00000225. The summed E-state index contributed by atoms with van der Waals surface area (Å²) < 4.78 is 13.7. The molecule has 0 saturated carbocycles. The summed E-state index contributed by atoms with van der Waals surface area (Å²) in [5, 5.41) is 7.33. The number of halogens is 2. The molecule has 2 aliphatic heterocycles. The van der Waals surface area contributed by atoms with Crippen LogP contribution in [0.1, 0.15) is 20.3 Å². The predicted molar refractivity (Wildman–Crippen MR) is 94.2 cm³/mol. The number of amides is 3. The van der Waals surface area contributed by atoms with E-state index in [4.69, 9.17) is 12.2 Å². The first-order valence-corrected chi connectivity index (χ1v) is 7.67. The Morgan fingerprint density at radius 1 is 1.36 bits per heavy atom. The number of hydrogen-bond acceptors (Lipinski definition) is 5. The highest BCUT2D eigenvalue weighted by Crippen LogP contribution is 2.33. The number of nitrogens with one attached hydrogen (secondary N) is 2. The maximum atomic E-state index is 13.7. The maximum absolute atomic E-state index is 13.7. The van der Waals surface area contributed by atoms with Crippen LogP contribution in [0.4, 0.5) is 10.1 Å².